The molecule has 15 heavy (non-hydrogen) atoms. The molecule has 1 atom stereocenters. The molecule has 0 radical (unpaired) electrons. The van der Waals surface area contributed by atoms with Crippen LogP contribution in [0.5, 0.6) is 5.75 Å². The first-order valence-corrected chi connectivity index (χ1v) is 3.96. The molecular weight excluding hydrogens is 210 g/mol. The van der Waals surface area contributed by atoms with E-state index in [1.807, 2.05) is 0 Å². The zero-order valence-electron chi connectivity index (χ0n) is 7.43. The van der Waals surface area contributed by atoms with E-state index in [0.717, 1.165) is 12.1 Å². The zero-order valence-corrected chi connectivity index (χ0v) is 7.43. The van der Waals surface area contributed by atoms with Gasteiger partial charge in [-0.15, -0.1) is 0 Å². The van der Waals surface area contributed by atoms with Crippen molar-refractivity contribution in [3.63, 3.8) is 0 Å². The highest BCUT2D eigenvalue weighted by Crippen LogP contribution is 2.19. The summed E-state index contributed by atoms with van der Waals surface area (Å²) in [7, 11) is 0. The molecule has 0 unspecified atom stereocenters. The van der Waals surface area contributed by atoms with E-state index in [9.17, 15) is 13.6 Å². The molecule has 0 saturated heterocycles. The van der Waals surface area contributed by atoms with Gasteiger partial charge in [0.05, 0.1) is 0 Å². The fourth-order valence-corrected chi connectivity index (χ4v) is 0.974. The van der Waals surface area contributed by atoms with Crippen molar-refractivity contribution in [2.24, 2.45) is 0 Å². The monoisotopic (exact) mass is 218 g/mol. The van der Waals surface area contributed by atoms with E-state index >= 15 is 0 Å². The first kappa shape index (κ1) is 11.4. The minimum absolute atomic E-state index is 0.0914. The highest BCUT2D eigenvalue weighted by Gasteiger charge is 2.15. The normalized spacial score (nSPS) is 12.5. The van der Waals surface area contributed by atoms with Gasteiger partial charge in [-0.2, -0.15) is 8.78 Å². The molecule has 0 spiro atoms. The first-order valence-electron chi connectivity index (χ1n) is 3.96. The highest BCUT2D eigenvalue weighted by atomic mass is 19.3. The minimum Gasteiger partial charge on any atom is -0.479 e. The predicted octanol–water partition coefficient (Wildman–Crippen LogP) is 1.41. The van der Waals surface area contributed by atoms with Crippen molar-refractivity contribution >= 4 is 5.97 Å². The molecule has 6 heteroatoms. The highest BCUT2D eigenvalue weighted by molar-refractivity contribution is 5.74. The summed E-state index contributed by atoms with van der Waals surface area (Å²) in [5.74, 6) is -1.50. The third-order valence-electron chi connectivity index (χ3n) is 1.65. The smallest absolute Gasteiger partial charge is 0.387 e. The van der Waals surface area contributed by atoms with Crippen LogP contribution < -0.4 is 4.74 Å². The lowest BCUT2D eigenvalue weighted by Crippen LogP contribution is -2.10. The lowest BCUT2D eigenvalue weighted by molar-refractivity contribution is -0.146. The average Bonchev–Trinajstić information content (AvgIpc) is 2.17. The van der Waals surface area contributed by atoms with Crippen molar-refractivity contribution in [2.45, 2.75) is 12.7 Å². The molecule has 0 saturated carbocycles. The number of aliphatic carboxylic acids is 1. The van der Waals surface area contributed by atoms with Crippen molar-refractivity contribution < 1.29 is 28.5 Å². The molecule has 0 fully saturated rings. The predicted molar refractivity (Wildman–Crippen MR) is 45.7 cm³/mol. The van der Waals surface area contributed by atoms with Crippen molar-refractivity contribution in [2.75, 3.05) is 0 Å². The number of hydrogen-bond donors (Lipinski definition) is 2. The largest absolute Gasteiger partial charge is 0.479 e. The average molecular weight is 218 g/mol. The number of carboxylic acids is 1. The van der Waals surface area contributed by atoms with Gasteiger partial charge in [-0.25, -0.2) is 4.79 Å². The molecule has 0 aliphatic heterocycles. The van der Waals surface area contributed by atoms with Crippen molar-refractivity contribution in [1.29, 1.82) is 0 Å². The Morgan fingerprint density at radius 1 is 1.27 bits per heavy atom. The van der Waals surface area contributed by atoms with Gasteiger partial charge in [0.15, 0.2) is 6.10 Å². The number of carboxylic acid groups (broad SMARTS) is 1. The van der Waals surface area contributed by atoms with Gasteiger partial charge >= 0.3 is 12.6 Å². The number of ether oxygens (including phenoxy) is 1. The molecule has 82 valence electrons. The van der Waals surface area contributed by atoms with Crippen LogP contribution in [0.4, 0.5) is 8.78 Å². The van der Waals surface area contributed by atoms with Crippen molar-refractivity contribution in [3.05, 3.63) is 29.8 Å². The van der Waals surface area contributed by atoms with Crippen LogP contribution in [0.1, 0.15) is 11.7 Å². The summed E-state index contributed by atoms with van der Waals surface area (Å²) in [5, 5.41) is 17.5. The standard InChI is InChI=1S/C9H8F2O4/c10-9(11)15-6-3-1-5(2-4-6)7(12)8(13)14/h1-4,7,9,12H,(H,13,14)/t7-/m0/s1. The van der Waals surface area contributed by atoms with E-state index in [2.05, 4.69) is 4.74 Å². The molecule has 1 aromatic rings. The number of hydrogen-bond acceptors (Lipinski definition) is 3. The topological polar surface area (TPSA) is 66.8 Å². The van der Waals surface area contributed by atoms with Crippen LogP contribution in [-0.4, -0.2) is 22.8 Å². The van der Waals surface area contributed by atoms with Gasteiger partial charge in [-0.05, 0) is 17.7 Å². The number of aliphatic hydroxyl groups excluding tert-OH is 1. The van der Waals surface area contributed by atoms with Crippen LogP contribution in [0.3, 0.4) is 0 Å². The maximum Gasteiger partial charge on any atom is 0.387 e. The Balaban J connectivity index is 2.76. The Bertz CT molecular complexity index is 336. The van der Waals surface area contributed by atoms with Crippen LogP contribution in [0.15, 0.2) is 24.3 Å². The number of alkyl halides is 2. The number of aliphatic hydroxyl groups is 1. The summed E-state index contributed by atoms with van der Waals surface area (Å²) < 4.78 is 27.5. The summed E-state index contributed by atoms with van der Waals surface area (Å²) in [4.78, 5) is 10.4. The van der Waals surface area contributed by atoms with Crippen LogP contribution in [-0.2, 0) is 4.79 Å². The quantitative estimate of drug-likeness (QED) is 0.801. The third-order valence-corrected chi connectivity index (χ3v) is 1.65. The van der Waals surface area contributed by atoms with Crippen LogP contribution in [0, 0.1) is 0 Å². The van der Waals surface area contributed by atoms with E-state index < -0.39 is 18.7 Å². The van der Waals surface area contributed by atoms with E-state index in [1.165, 1.54) is 12.1 Å². The fourth-order valence-electron chi connectivity index (χ4n) is 0.974. The Hall–Kier alpha value is -1.69. The molecule has 4 nitrogen and oxygen atoms in total. The summed E-state index contributed by atoms with van der Waals surface area (Å²) in [5.41, 5.74) is 0.101. The number of halogens is 2. The third kappa shape index (κ3) is 3.17. The summed E-state index contributed by atoms with van der Waals surface area (Å²) in [6, 6.07) is 4.73. The Kier molecular flexibility index (Phi) is 3.56. The van der Waals surface area contributed by atoms with Crippen molar-refractivity contribution in [3.8, 4) is 5.75 Å². The van der Waals surface area contributed by atoms with E-state index in [4.69, 9.17) is 10.2 Å². The van der Waals surface area contributed by atoms with Gasteiger partial charge < -0.3 is 14.9 Å². The van der Waals surface area contributed by atoms with Gasteiger partial charge in [-0.3, -0.25) is 0 Å². The summed E-state index contributed by atoms with van der Waals surface area (Å²) in [6.07, 6.45) is -1.66. The maximum absolute atomic E-state index is 11.7. The van der Waals surface area contributed by atoms with Gasteiger partial charge in [-0.1, -0.05) is 12.1 Å². The Labute approximate surface area is 83.7 Å². The molecule has 1 aromatic carbocycles. The molecule has 0 aliphatic rings. The number of carbonyl (C=O) groups is 1. The molecule has 0 amide bonds. The number of rotatable bonds is 4. The molecule has 0 aliphatic carbocycles. The molecule has 0 bridgehead atoms. The second kappa shape index (κ2) is 4.70. The fraction of sp³-hybridized carbons (Fsp3) is 0.222. The van der Waals surface area contributed by atoms with Gasteiger partial charge in [0.1, 0.15) is 5.75 Å². The molecule has 0 heterocycles. The zero-order chi connectivity index (χ0) is 11.4. The van der Waals surface area contributed by atoms with E-state index in [-0.39, 0.29) is 11.3 Å². The van der Waals surface area contributed by atoms with E-state index in [1.54, 1.807) is 0 Å². The van der Waals surface area contributed by atoms with Crippen LogP contribution >= 0.6 is 0 Å². The Morgan fingerprint density at radius 2 is 1.80 bits per heavy atom. The van der Waals surface area contributed by atoms with E-state index in [0.29, 0.717) is 0 Å². The van der Waals surface area contributed by atoms with Gasteiger partial charge in [0.25, 0.3) is 0 Å². The van der Waals surface area contributed by atoms with Gasteiger partial charge in [0, 0.05) is 0 Å². The molecular formula is C9H8F2O4. The SMILES string of the molecule is O=C(O)[C@@H](O)c1ccc(OC(F)F)cc1. The molecule has 0 aromatic heterocycles. The second-order valence-corrected chi connectivity index (χ2v) is 2.69. The Morgan fingerprint density at radius 3 is 2.20 bits per heavy atom. The maximum atomic E-state index is 11.7. The van der Waals surface area contributed by atoms with Crippen LogP contribution in [0.25, 0.3) is 0 Å². The lowest BCUT2D eigenvalue weighted by atomic mass is 10.1. The minimum atomic E-state index is -2.93. The van der Waals surface area contributed by atoms with Crippen molar-refractivity contribution in [1.82, 2.24) is 0 Å². The summed E-state index contributed by atoms with van der Waals surface area (Å²) >= 11 is 0. The molecule has 1 rings (SSSR count). The lowest BCUT2D eigenvalue weighted by Gasteiger charge is -2.07. The first-order chi connectivity index (χ1) is 7.00. The second-order valence-electron chi connectivity index (χ2n) is 2.69. The molecule has 2 N–H and O–H groups in total. The van der Waals surface area contributed by atoms with Gasteiger partial charge in [0.2, 0.25) is 0 Å². The number of benzene rings is 1. The van der Waals surface area contributed by atoms with Crippen LogP contribution in [0.2, 0.25) is 0 Å². The summed E-state index contributed by atoms with van der Waals surface area (Å²) in [6.45, 7) is -2.93.